The molecule has 114 valence electrons. The van der Waals surface area contributed by atoms with E-state index in [1.807, 2.05) is 6.92 Å². The monoisotopic (exact) mass is 278 g/mol. The lowest BCUT2D eigenvalue weighted by Crippen LogP contribution is -2.37. The maximum atomic E-state index is 5.20. The van der Waals surface area contributed by atoms with Crippen molar-refractivity contribution in [2.45, 2.75) is 26.7 Å². The van der Waals surface area contributed by atoms with Gasteiger partial charge in [-0.1, -0.05) is 18.6 Å². The molecule has 0 spiro atoms. The lowest BCUT2D eigenvalue weighted by atomic mass is 9.89. The van der Waals surface area contributed by atoms with Gasteiger partial charge in [0.15, 0.2) is 0 Å². The van der Waals surface area contributed by atoms with Crippen LogP contribution in [0, 0.1) is 11.8 Å². The topological polar surface area (TPSA) is 15.7 Å². The number of allylic oxidation sites excluding steroid dienone is 3. The minimum Gasteiger partial charge on any atom is -0.501 e. The predicted molar refractivity (Wildman–Crippen MR) is 84.7 cm³/mol. The van der Waals surface area contributed by atoms with Crippen LogP contribution < -0.4 is 0 Å². The Hall–Kier alpha value is -0.800. The fourth-order valence-electron chi connectivity index (χ4n) is 3.45. The summed E-state index contributed by atoms with van der Waals surface area (Å²) in [6, 6.07) is 0. The molecular weight excluding hydrogens is 248 g/mol. The third-order valence-electron chi connectivity index (χ3n) is 4.84. The summed E-state index contributed by atoms with van der Waals surface area (Å²) in [5, 5.41) is 0. The summed E-state index contributed by atoms with van der Waals surface area (Å²) in [6.07, 6.45) is 6.84. The third kappa shape index (κ3) is 4.10. The van der Waals surface area contributed by atoms with Crippen molar-refractivity contribution >= 4 is 0 Å². The Labute approximate surface area is 124 Å². The first-order valence-electron chi connectivity index (χ1n) is 7.93. The third-order valence-corrected chi connectivity index (χ3v) is 4.84. The van der Waals surface area contributed by atoms with E-state index in [2.05, 4.69) is 35.9 Å². The molecule has 0 N–H and O–H groups in total. The molecule has 2 aliphatic rings. The summed E-state index contributed by atoms with van der Waals surface area (Å²) in [7, 11) is 3.99. The lowest BCUT2D eigenvalue weighted by molar-refractivity contribution is 0.178. The molecule has 0 aromatic heterocycles. The molecule has 2 fully saturated rings. The first-order chi connectivity index (χ1) is 9.62. The highest BCUT2D eigenvalue weighted by atomic mass is 16.5. The normalized spacial score (nSPS) is 29.6. The van der Waals surface area contributed by atoms with Crippen molar-refractivity contribution in [3.8, 4) is 0 Å². The van der Waals surface area contributed by atoms with Crippen LogP contribution in [0.15, 0.2) is 23.5 Å². The molecule has 2 aliphatic heterocycles. The van der Waals surface area contributed by atoms with Gasteiger partial charge in [-0.3, -0.25) is 4.90 Å². The number of rotatable bonds is 5. The van der Waals surface area contributed by atoms with Crippen LogP contribution >= 0.6 is 0 Å². The number of likely N-dealkylation sites (tertiary alicyclic amines) is 2. The number of nitrogens with zero attached hydrogens (tertiary/aromatic N) is 2. The molecule has 3 nitrogen and oxygen atoms in total. The highest BCUT2D eigenvalue weighted by Crippen LogP contribution is 2.31. The SMILES string of the molecule is CC/C(=C\C=C(/C)OC)CN1CC2CCN(C)CC2C1. The van der Waals surface area contributed by atoms with E-state index in [9.17, 15) is 0 Å². The summed E-state index contributed by atoms with van der Waals surface area (Å²) >= 11 is 0. The average molecular weight is 278 g/mol. The van der Waals surface area contributed by atoms with Gasteiger partial charge in [-0.25, -0.2) is 0 Å². The van der Waals surface area contributed by atoms with Crippen LogP contribution in [0.2, 0.25) is 0 Å². The molecule has 0 aromatic rings. The van der Waals surface area contributed by atoms with E-state index in [0.717, 1.165) is 30.6 Å². The highest BCUT2D eigenvalue weighted by Gasteiger charge is 2.35. The van der Waals surface area contributed by atoms with Crippen molar-refractivity contribution in [3.63, 3.8) is 0 Å². The molecule has 0 aliphatic carbocycles. The smallest absolute Gasteiger partial charge is 0.0924 e. The molecule has 2 unspecified atom stereocenters. The second kappa shape index (κ2) is 7.28. The molecule has 20 heavy (non-hydrogen) atoms. The van der Waals surface area contributed by atoms with Crippen molar-refractivity contribution in [1.29, 1.82) is 0 Å². The van der Waals surface area contributed by atoms with E-state index in [1.165, 1.54) is 38.2 Å². The molecule has 2 atom stereocenters. The predicted octanol–water partition coefficient (Wildman–Crippen LogP) is 2.76. The van der Waals surface area contributed by atoms with E-state index in [-0.39, 0.29) is 0 Å². The largest absolute Gasteiger partial charge is 0.501 e. The van der Waals surface area contributed by atoms with Crippen molar-refractivity contribution in [3.05, 3.63) is 23.5 Å². The zero-order valence-electron chi connectivity index (χ0n) is 13.6. The number of fused-ring (bicyclic) bond motifs is 1. The molecule has 0 amide bonds. The maximum Gasteiger partial charge on any atom is 0.0924 e. The van der Waals surface area contributed by atoms with Crippen molar-refractivity contribution in [2.24, 2.45) is 11.8 Å². The molecule has 2 rings (SSSR count). The van der Waals surface area contributed by atoms with E-state index in [4.69, 9.17) is 4.74 Å². The Morgan fingerprint density at radius 2 is 1.95 bits per heavy atom. The van der Waals surface area contributed by atoms with Gasteiger partial charge >= 0.3 is 0 Å². The Bertz CT molecular complexity index is 375. The Morgan fingerprint density at radius 1 is 1.20 bits per heavy atom. The van der Waals surface area contributed by atoms with Crippen molar-refractivity contribution in [1.82, 2.24) is 9.80 Å². The molecule has 2 saturated heterocycles. The average Bonchev–Trinajstić information content (AvgIpc) is 2.84. The van der Waals surface area contributed by atoms with Gasteiger partial charge in [0, 0.05) is 26.2 Å². The van der Waals surface area contributed by atoms with Crippen LogP contribution in [0.1, 0.15) is 26.7 Å². The standard InChI is InChI=1S/C17H30N2O/c1-5-15(7-6-14(2)20-4)10-19-12-16-8-9-18(3)11-17(16)13-19/h6-7,16-17H,5,8-13H2,1-4H3/b14-6+,15-7+. The number of hydrogen-bond donors (Lipinski definition) is 0. The fourth-order valence-corrected chi connectivity index (χ4v) is 3.45. The van der Waals surface area contributed by atoms with Gasteiger partial charge in [0.05, 0.1) is 12.9 Å². The summed E-state index contributed by atoms with van der Waals surface area (Å²) < 4.78 is 5.20. The Morgan fingerprint density at radius 3 is 2.65 bits per heavy atom. The maximum absolute atomic E-state index is 5.20. The van der Waals surface area contributed by atoms with Gasteiger partial charge < -0.3 is 9.64 Å². The summed E-state index contributed by atoms with van der Waals surface area (Å²) in [6.45, 7) is 10.5. The van der Waals surface area contributed by atoms with Gasteiger partial charge in [0.2, 0.25) is 0 Å². The second-order valence-electron chi connectivity index (χ2n) is 6.43. The van der Waals surface area contributed by atoms with E-state index in [1.54, 1.807) is 7.11 Å². The molecule has 0 radical (unpaired) electrons. The second-order valence-corrected chi connectivity index (χ2v) is 6.43. The van der Waals surface area contributed by atoms with Crippen LogP contribution in [-0.2, 0) is 4.74 Å². The zero-order valence-corrected chi connectivity index (χ0v) is 13.6. The molecule has 0 saturated carbocycles. The van der Waals surface area contributed by atoms with Crippen LogP contribution in [-0.4, -0.2) is 56.7 Å². The van der Waals surface area contributed by atoms with Crippen LogP contribution in [0.25, 0.3) is 0 Å². The summed E-state index contributed by atoms with van der Waals surface area (Å²) in [5.41, 5.74) is 1.51. The van der Waals surface area contributed by atoms with Crippen LogP contribution in [0.3, 0.4) is 0 Å². The lowest BCUT2D eigenvalue weighted by Gasteiger charge is -2.31. The van der Waals surface area contributed by atoms with Gasteiger partial charge in [-0.2, -0.15) is 0 Å². The van der Waals surface area contributed by atoms with Gasteiger partial charge in [-0.05, 0) is 51.3 Å². The minimum atomic E-state index is 0.892. The quantitative estimate of drug-likeness (QED) is 0.568. The van der Waals surface area contributed by atoms with Crippen LogP contribution in [0.5, 0.6) is 0 Å². The number of piperidine rings is 1. The fraction of sp³-hybridized carbons (Fsp3) is 0.765. The van der Waals surface area contributed by atoms with Gasteiger partial charge in [0.1, 0.15) is 0 Å². The number of methoxy groups -OCH3 is 1. The summed E-state index contributed by atoms with van der Waals surface area (Å²) in [4.78, 5) is 5.14. The molecule has 0 bridgehead atoms. The summed E-state index contributed by atoms with van der Waals surface area (Å²) in [5.74, 6) is 2.80. The van der Waals surface area contributed by atoms with Gasteiger partial charge in [-0.15, -0.1) is 0 Å². The number of ether oxygens (including phenoxy) is 1. The Kier molecular flexibility index (Phi) is 5.67. The molecular formula is C17H30N2O. The minimum absolute atomic E-state index is 0.892. The van der Waals surface area contributed by atoms with E-state index in [0.29, 0.717) is 0 Å². The van der Waals surface area contributed by atoms with Gasteiger partial charge in [0.25, 0.3) is 0 Å². The first kappa shape index (κ1) is 15.6. The first-order valence-corrected chi connectivity index (χ1v) is 7.93. The molecule has 3 heteroatoms. The number of hydrogen-bond acceptors (Lipinski definition) is 3. The van der Waals surface area contributed by atoms with Crippen molar-refractivity contribution < 1.29 is 4.74 Å². The highest BCUT2D eigenvalue weighted by molar-refractivity contribution is 5.16. The van der Waals surface area contributed by atoms with Crippen LogP contribution in [0.4, 0.5) is 0 Å². The zero-order chi connectivity index (χ0) is 14.5. The molecule has 2 heterocycles. The van der Waals surface area contributed by atoms with Crippen molar-refractivity contribution in [2.75, 3.05) is 46.9 Å². The molecule has 0 aromatic carbocycles. The Balaban J connectivity index is 1.90. The van der Waals surface area contributed by atoms with E-state index < -0.39 is 0 Å². The van der Waals surface area contributed by atoms with E-state index >= 15 is 0 Å².